The van der Waals surface area contributed by atoms with E-state index in [1.807, 2.05) is 18.2 Å². The van der Waals surface area contributed by atoms with Crippen molar-refractivity contribution >= 4 is 22.6 Å². The molecular formula is C22H29N3S. The van der Waals surface area contributed by atoms with Gasteiger partial charge in [0.05, 0.1) is 17.3 Å². The van der Waals surface area contributed by atoms with Gasteiger partial charge in [0.2, 0.25) is 0 Å². The van der Waals surface area contributed by atoms with E-state index >= 15 is 0 Å². The fraction of sp³-hybridized carbons (Fsp3) is 0.636. The second kappa shape index (κ2) is 7.27. The number of nitrogens with zero attached hydrogens (tertiary/aromatic N) is 3. The van der Waals surface area contributed by atoms with Crippen LogP contribution in [0.25, 0.3) is 0 Å². The highest BCUT2D eigenvalue weighted by Crippen LogP contribution is 2.50. The number of nitriles is 1. The fourth-order valence-electron chi connectivity index (χ4n) is 4.82. The minimum Gasteiger partial charge on any atom is -0.347 e. The Labute approximate surface area is 161 Å². The summed E-state index contributed by atoms with van der Waals surface area (Å²) in [7, 11) is 0. The van der Waals surface area contributed by atoms with E-state index in [9.17, 15) is 5.26 Å². The van der Waals surface area contributed by atoms with Gasteiger partial charge in [-0.2, -0.15) is 5.26 Å². The second-order valence-corrected chi connectivity index (χ2v) is 9.93. The molecule has 2 saturated carbocycles. The zero-order valence-electron chi connectivity index (χ0n) is 16.0. The first-order valence-electron chi connectivity index (χ1n) is 10.2. The summed E-state index contributed by atoms with van der Waals surface area (Å²) >= 11 is 2.05. The average Bonchev–Trinajstić information content (AvgIpc) is 3.37. The van der Waals surface area contributed by atoms with Gasteiger partial charge in [0.25, 0.3) is 0 Å². The van der Waals surface area contributed by atoms with E-state index in [-0.39, 0.29) is 0 Å². The number of thioether (sulfide) groups is 1. The Balaban J connectivity index is 1.70. The molecule has 0 aromatic heterocycles. The molecule has 1 aliphatic heterocycles. The van der Waals surface area contributed by atoms with E-state index in [0.29, 0.717) is 16.7 Å². The van der Waals surface area contributed by atoms with E-state index < -0.39 is 0 Å². The van der Waals surface area contributed by atoms with E-state index in [1.54, 1.807) is 0 Å². The number of aliphatic imine (C=N–C) groups is 1. The van der Waals surface area contributed by atoms with Gasteiger partial charge in [0, 0.05) is 17.3 Å². The van der Waals surface area contributed by atoms with Crippen LogP contribution in [-0.2, 0) is 0 Å². The molecule has 1 heterocycles. The Morgan fingerprint density at radius 1 is 1.19 bits per heavy atom. The van der Waals surface area contributed by atoms with Crippen molar-refractivity contribution in [3.8, 4) is 6.07 Å². The molecule has 0 amide bonds. The van der Waals surface area contributed by atoms with Crippen LogP contribution in [0, 0.1) is 11.3 Å². The van der Waals surface area contributed by atoms with Crippen LogP contribution in [0.15, 0.2) is 23.2 Å². The summed E-state index contributed by atoms with van der Waals surface area (Å²) in [5, 5.41) is 10.5. The van der Waals surface area contributed by atoms with Crippen molar-refractivity contribution < 1.29 is 0 Å². The molecule has 0 radical (unpaired) electrons. The maximum atomic E-state index is 9.25. The Morgan fingerprint density at radius 2 is 1.92 bits per heavy atom. The smallest absolute Gasteiger partial charge is 0.165 e. The van der Waals surface area contributed by atoms with Crippen LogP contribution in [0.1, 0.15) is 82.3 Å². The summed E-state index contributed by atoms with van der Waals surface area (Å²) in [5.41, 5.74) is 2.98. The molecule has 3 aliphatic rings. The van der Waals surface area contributed by atoms with Crippen LogP contribution in [0.2, 0.25) is 0 Å². The highest BCUT2D eigenvalue weighted by molar-refractivity contribution is 8.15. The first kappa shape index (κ1) is 17.9. The van der Waals surface area contributed by atoms with Gasteiger partial charge in [0.1, 0.15) is 0 Å². The zero-order chi connectivity index (χ0) is 18.1. The summed E-state index contributed by atoms with van der Waals surface area (Å²) in [5.74, 6) is 0.370. The molecule has 1 spiro atoms. The van der Waals surface area contributed by atoms with Crippen molar-refractivity contribution in [3.63, 3.8) is 0 Å². The number of hydrogen-bond acceptors (Lipinski definition) is 3. The van der Waals surface area contributed by atoms with Gasteiger partial charge < -0.3 is 4.90 Å². The molecule has 26 heavy (non-hydrogen) atoms. The molecule has 2 aliphatic carbocycles. The Kier molecular flexibility index (Phi) is 5.01. The summed E-state index contributed by atoms with van der Waals surface area (Å²) in [6.07, 6.45) is 10.8. The van der Waals surface area contributed by atoms with E-state index in [0.717, 1.165) is 11.3 Å². The average molecular weight is 368 g/mol. The molecule has 3 fully saturated rings. The normalized spacial score (nSPS) is 24.2. The minimum atomic E-state index is 0.370. The van der Waals surface area contributed by atoms with Crippen LogP contribution in [0.4, 0.5) is 5.69 Å². The number of hydrogen-bond donors (Lipinski definition) is 0. The Morgan fingerprint density at radius 3 is 2.58 bits per heavy atom. The Bertz CT molecular complexity index is 734. The first-order chi connectivity index (χ1) is 12.6. The van der Waals surface area contributed by atoms with E-state index in [1.165, 1.54) is 68.6 Å². The standard InChI is InChI=1S/C22H29N3S/c1-16(2)19-13-17(14-23)9-10-20(19)24-21-25(18-7-3-4-8-18)15-22(26-21)11-5-6-12-22/h9-10,13,16,18H,3-8,11-12,15H2,1-2H3. The molecule has 3 nitrogen and oxygen atoms in total. The van der Waals surface area contributed by atoms with E-state index in [2.05, 4.69) is 36.6 Å². The van der Waals surface area contributed by atoms with E-state index in [4.69, 9.17) is 4.99 Å². The summed E-state index contributed by atoms with van der Waals surface area (Å²) in [6, 6.07) is 8.94. The largest absolute Gasteiger partial charge is 0.347 e. The maximum absolute atomic E-state index is 9.25. The third-order valence-corrected chi connectivity index (χ3v) is 7.77. The SMILES string of the molecule is CC(C)c1cc(C#N)ccc1N=C1SC2(CCCC2)CN1C1CCCC1. The predicted octanol–water partition coefficient (Wildman–Crippen LogP) is 5.97. The van der Waals surface area contributed by atoms with Crippen LogP contribution < -0.4 is 0 Å². The number of amidine groups is 1. The van der Waals surface area contributed by atoms with Gasteiger partial charge in [-0.1, -0.05) is 51.3 Å². The zero-order valence-corrected chi connectivity index (χ0v) is 16.8. The predicted molar refractivity (Wildman–Crippen MR) is 110 cm³/mol. The maximum Gasteiger partial charge on any atom is 0.165 e. The topological polar surface area (TPSA) is 39.4 Å². The van der Waals surface area contributed by atoms with Gasteiger partial charge >= 0.3 is 0 Å². The van der Waals surface area contributed by atoms with Crippen molar-refractivity contribution in [3.05, 3.63) is 29.3 Å². The molecule has 138 valence electrons. The lowest BCUT2D eigenvalue weighted by Gasteiger charge is -2.27. The minimum absolute atomic E-state index is 0.370. The van der Waals surface area contributed by atoms with Gasteiger partial charge in [-0.25, -0.2) is 4.99 Å². The first-order valence-corrected chi connectivity index (χ1v) is 11.0. The third-order valence-electron chi connectivity index (χ3n) is 6.29. The molecular weight excluding hydrogens is 338 g/mol. The Hall–Kier alpha value is -1.47. The molecule has 0 unspecified atom stereocenters. The van der Waals surface area contributed by atoms with Crippen LogP contribution in [0.3, 0.4) is 0 Å². The van der Waals surface area contributed by atoms with Crippen molar-refractivity contribution in [2.45, 2.75) is 81.9 Å². The molecule has 0 bridgehead atoms. The van der Waals surface area contributed by atoms with Crippen molar-refractivity contribution in [1.29, 1.82) is 5.26 Å². The lowest BCUT2D eigenvalue weighted by atomic mass is 9.99. The third kappa shape index (κ3) is 3.39. The van der Waals surface area contributed by atoms with Gasteiger partial charge in [-0.05, 0) is 55.4 Å². The van der Waals surface area contributed by atoms with Crippen molar-refractivity contribution in [1.82, 2.24) is 4.90 Å². The highest BCUT2D eigenvalue weighted by atomic mass is 32.2. The monoisotopic (exact) mass is 367 g/mol. The van der Waals surface area contributed by atoms with Gasteiger partial charge in [0.15, 0.2) is 5.17 Å². The summed E-state index contributed by atoms with van der Waals surface area (Å²) < 4.78 is 0.409. The molecule has 1 saturated heterocycles. The van der Waals surface area contributed by atoms with Crippen molar-refractivity contribution in [2.24, 2.45) is 4.99 Å². The molecule has 1 aromatic rings. The quantitative estimate of drug-likeness (QED) is 0.660. The summed E-state index contributed by atoms with van der Waals surface area (Å²) in [6.45, 7) is 5.57. The van der Waals surface area contributed by atoms with Crippen molar-refractivity contribution in [2.75, 3.05) is 6.54 Å². The molecule has 1 aromatic carbocycles. The lowest BCUT2D eigenvalue weighted by molar-refractivity contribution is 0.301. The van der Waals surface area contributed by atoms with Crippen LogP contribution >= 0.6 is 11.8 Å². The van der Waals surface area contributed by atoms with Gasteiger partial charge in [-0.3, -0.25) is 0 Å². The number of benzene rings is 1. The summed E-state index contributed by atoms with van der Waals surface area (Å²) in [4.78, 5) is 7.84. The van der Waals surface area contributed by atoms with Gasteiger partial charge in [-0.15, -0.1) is 0 Å². The van der Waals surface area contributed by atoms with Crippen LogP contribution in [-0.4, -0.2) is 27.4 Å². The molecule has 4 rings (SSSR count). The molecule has 0 N–H and O–H groups in total. The second-order valence-electron chi connectivity index (χ2n) is 8.49. The molecule has 0 atom stereocenters. The molecule has 4 heteroatoms. The lowest BCUT2D eigenvalue weighted by Crippen LogP contribution is -2.37. The van der Waals surface area contributed by atoms with Crippen LogP contribution in [0.5, 0.6) is 0 Å². The fourth-order valence-corrected chi connectivity index (χ4v) is 6.38. The number of rotatable bonds is 3. The highest BCUT2D eigenvalue weighted by Gasteiger charge is 2.46.